The summed E-state index contributed by atoms with van der Waals surface area (Å²) in [5.74, 6) is 1.31. The summed E-state index contributed by atoms with van der Waals surface area (Å²) in [6.07, 6.45) is 8.79. The van der Waals surface area contributed by atoms with Crippen molar-refractivity contribution in [2.45, 2.75) is 61.4 Å². The Labute approximate surface area is 127 Å². The van der Waals surface area contributed by atoms with Crippen molar-refractivity contribution in [1.29, 1.82) is 0 Å². The van der Waals surface area contributed by atoms with E-state index in [0.717, 1.165) is 19.6 Å². The van der Waals surface area contributed by atoms with E-state index in [4.69, 9.17) is 9.47 Å². The molecular formula is C14H24Br2O2. The highest BCUT2D eigenvalue weighted by Gasteiger charge is 2.61. The SMILES string of the molecule is CCCCCC1C(COC2CCCCO2)C1(Br)Br. The molecule has 2 nitrogen and oxygen atoms in total. The van der Waals surface area contributed by atoms with Crippen LogP contribution in [-0.4, -0.2) is 22.7 Å². The van der Waals surface area contributed by atoms with Crippen molar-refractivity contribution in [1.82, 2.24) is 0 Å². The van der Waals surface area contributed by atoms with Gasteiger partial charge in [0.15, 0.2) is 6.29 Å². The molecule has 1 heterocycles. The van der Waals surface area contributed by atoms with E-state index in [9.17, 15) is 0 Å². The van der Waals surface area contributed by atoms with Crippen LogP contribution in [0.1, 0.15) is 51.9 Å². The van der Waals surface area contributed by atoms with Crippen molar-refractivity contribution in [2.75, 3.05) is 13.2 Å². The highest BCUT2D eigenvalue weighted by Crippen LogP contribution is 2.64. The van der Waals surface area contributed by atoms with Crippen molar-refractivity contribution < 1.29 is 9.47 Å². The second kappa shape index (κ2) is 7.05. The Morgan fingerprint density at radius 2 is 2.06 bits per heavy atom. The lowest BCUT2D eigenvalue weighted by Gasteiger charge is -2.22. The van der Waals surface area contributed by atoms with Crippen LogP contribution in [0.2, 0.25) is 0 Å². The predicted octanol–water partition coefficient (Wildman–Crippen LogP) is 4.84. The minimum Gasteiger partial charge on any atom is -0.353 e. The maximum Gasteiger partial charge on any atom is 0.157 e. The Balaban J connectivity index is 1.66. The summed E-state index contributed by atoms with van der Waals surface area (Å²) < 4.78 is 11.6. The molecule has 1 saturated carbocycles. The molecule has 106 valence electrons. The first-order chi connectivity index (χ1) is 8.66. The molecule has 0 aromatic carbocycles. The molecule has 2 aliphatic rings. The number of hydrogen-bond acceptors (Lipinski definition) is 2. The molecule has 0 aromatic heterocycles. The lowest BCUT2D eigenvalue weighted by molar-refractivity contribution is -0.165. The maximum absolute atomic E-state index is 5.90. The van der Waals surface area contributed by atoms with Crippen LogP contribution in [0.25, 0.3) is 0 Å². The van der Waals surface area contributed by atoms with Crippen LogP contribution < -0.4 is 0 Å². The van der Waals surface area contributed by atoms with E-state index in [1.165, 1.54) is 38.5 Å². The Morgan fingerprint density at radius 3 is 2.72 bits per heavy atom. The zero-order valence-electron chi connectivity index (χ0n) is 11.2. The number of alkyl halides is 2. The highest BCUT2D eigenvalue weighted by molar-refractivity contribution is 9.25. The molecule has 0 amide bonds. The number of ether oxygens (including phenoxy) is 2. The molecule has 0 spiro atoms. The van der Waals surface area contributed by atoms with Crippen molar-refractivity contribution in [3.05, 3.63) is 0 Å². The Morgan fingerprint density at radius 1 is 1.22 bits per heavy atom. The summed E-state index contributed by atoms with van der Waals surface area (Å²) in [5.41, 5.74) is 0. The molecule has 1 aliphatic heterocycles. The second-order valence-electron chi connectivity index (χ2n) is 5.51. The molecule has 1 saturated heterocycles. The normalized spacial score (nSPS) is 34.5. The van der Waals surface area contributed by atoms with Gasteiger partial charge in [0.25, 0.3) is 0 Å². The lowest BCUT2D eigenvalue weighted by atomic mass is 10.1. The van der Waals surface area contributed by atoms with Gasteiger partial charge in [0, 0.05) is 12.5 Å². The highest BCUT2D eigenvalue weighted by atomic mass is 79.9. The van der Waals surface area contributed by atoms with Crippen molar-refractivity contribution in [3.63, 3.8) is 0 Å². The maximum atomic E-state index is 5.90. The average Bonchev–Trinajstić information content (AvgIpc) is 2.89. The summed E-state index contributed by atoms with van der Waals surface area (Å²) in [5, 5.41) is 0. The molecule has 1 aliphatic carbocycles. The van der Waals surface area contributed by atoms with Crippen molar-refractivity contribution in [3.8, 4) is 0 Å². The van der Waals surface area contributed by atoms with Crippen LogP contribution >= 0.6 is 31.9 Å². The van der Waals surface area contributed by atoms with Crippen LogP contribution in [-0.2, 0) is 9.47 Å². The quantitative estimate of drug-likeness (QED) is 0.462. The fraction of sp³-hybridized carbons (Fsp3) is 1.00. The van der Waals surface area contributed by atoms with Gasteiger partial charge in [-0.05, 0) is 31.6 Å². The number of rotatable bonds is 7. The van der Waals surface area contributed by atoms with E-state index in [-0.39, 0.29) is 9.52 Å². The van der Waals surface area contributed by atoms with Gasteiger partial charge < -0.3 is 9.47 Å². The summed E-state index contributed by atoms with van der Waals surface area (Å²) in [6, 6.07) is 0. The third-order valence-electron chi connectivity index (χ3n) is 4.08. The smallest absolute Gasteiger partial charge is 0.157 e. The summed E-state index contributed by atoms with van der Waals surface area (Å²) in [4.78, 5) is 0. The van der Waals surface area contributed by atoms with Gasteiger partial charge in [-0.3, -0.25) is 0 Å². The minimum atomic E-state index is 0.0476. The summed E-state index contributed by atoms with van der Waals surface area (Å²) >= 11 is 7.58. The van der Waals surface area contributed by atoms with Gasteiger partial charge in [0.1, 0.15) is 0 Å². The zero-order chi connectivity index (χ0) is 13.0. The molecule has 2 rings (SSSR count). The average molecular weight is 384 g/mol. The third-order valence-corrected chi connectivity index (χ3v) is 6.44. The fourth-order valence-corrected chi connectivity index (χ4v) is 4.48. The van der Waals surface area contributed by atoms with Gasteiger partial charge in [-0.25, -0.2) is 0 Å². The number of unbranched alkanes of at least 4 members (excludes halogenated alkanes) is 2. The van der Waals surface area contributed by atoms with Gasteiger partial charge >= 0.3 is 0 Å². The molecule has 3 unspecified atom stereocenters. The van der Waals surface area contributed by atoms with Gasteiger partial charge in [0.2, 0.25) is 0 Å². The van der Waals surface area contributed by atoms with E-state index in [1.807, 2.05) is 0 Å². The van der Waals surface area contributed by atoms with Crippen LogP contribution in [0, 0.1) is 11.8 Å². The topological polar surface area (TPSA) is 18.5 Å². The molecule has 18 heavy (non-hydrogen) atoms. The van der Waals surface area contributed by atoms with Gasteiger partial charge in [0.05, 0.1) is 9.84 Å². The molecule has 4 heteroatoms. The largest absolute Gasteiger partial charge is 0.353 e. The zero-order valence-corrected chi connectivity index (χ0v) is 14.3. The van der Waals surface area contributed by atoms with E-state index in [0.29, 0.717) is 11.8 Å². The predicted molar refractivity (Wildman–Crippen MR) is 81.3 cm³/mol. The van der Waals surface area contributed by atoms with Gasteiger partial charge in [-0.2, -0.15) is 0 Å². The molecule has 0 aromatic rings. The minimum absolute atomic E-state index is 0.0476. The molecule has 0 bridgehead atoms. The first-order valence-electron chi connectivity index (χ1n) is 7.27. The van der Waals surface area contributed by atoms with E-state index >= 15 is 0 Å². The van der Waals surface area contributed by atoms with Gasteiger partial charge in [-0.1, -0.05) is 58.0 Å². The van der Waals surface area contributed by atoms with E-state index < -0.39 is 0 Å². The Bertz CT molecular complexity index is 252. The monoisotopic (exact) mass is 382 g/mol. The third kappa shape index (κ3) is 3.94. The lowest BCUT2D eigenvalue weighted by Crippen LogP contribution is -2.23. The second-order valence-corrected chi connectivity index (χ2v) is 9.20. The molecule has 0 radical (unpaired) electrons. The van der Waals surface area contributed by atoms with Crippen LogP contribution in [0.4, 0.5) is 0 Å². The van der Waals surface area contributed by atoms with Gasteiger partial charge in [-0.15, -0.1) is 0 Å². The number of hydrogen-bond donors (Lipinski definition) is 0. The first-order valence-corrected chi connectivity index (χ1v) is 8.86. The molecule has 0 N–H and O–H groups in total. The van der Waals surface area contributed by atoms with Crippen LogP contribution in [0.15, 0.2) is 0 Å². The van der Waals surface area contributed by atoms with Crippen LogP contribution in [0.5, 0.6) is 0 Å². The van der Waals surface area contributed by atoms with Crippen molar-refractivity contribution in [2.24, 2.45) is 11.8 Å². The molecular weight excluding hydrogens is 360 g/mol. The Hall–Kier alpha value is 0.880. The fourth-order valence-electron chi connectivity index (χ4n) is 2.75. The Kier molecular flexibility index (Phi) is 5.98. The van der Waals surface area contributed by atoms with E-state index in [2.05, 4.69) is 38.8 Å². The molecule has 2 fully saturated rings. The summed E-state index contributed by atoms with van der Waals surface area (Å²) in [7, 11) is 0. The summed E-state index contributed by atoms with van der Waals surface area (Å²) in [6.45, 7) is 3.93. The van der Waals surface area contributed by atoms with E-state index in [1.54, 1.807) is 0 Å². The van der Waals surface area contributed by atoms with Crippen molar-refractivity contribution >= 4 is 31.9 Å². The standard InChI is InChI=1S/C14H24Br2O2/c1-2-3-4-7-11-12(14(11,15)16)10-18-13-8-5-6-9-17-13/h11-13H,2-10H2,1H3. The molecule has 3 atom stereocenters. The number of halogens is 2. The first kappa shape index (κ1) is 15.3. The van der Waals surface area contributed by atoms with Crippen LogP contribution in [0.3, 0.4) is 0 Å².